The van der Waals surface area contributed by atoms with Gasteiger partial charge in [0.2, 0.25) is 0 Å². The Bertz CT molecular complexity index is 240. The molecular weight excluding hydrogens is 185 g/mol. The third-order valence-electron chi connectivity index (χ3n) is 2.01. The quantitative estimate of drug-likeness (QED) is 0.730. The highest BCUT2D eigenvalue weighted by atomic mass is 19.2. The Kier molecular flexibility index (Phi) is 2.95. The van der Waals surface area contributed by atoms with E-state index in [9.17, 15) is 18.0 Å². The molecule has 0 fully saturated rings. The number of hydrogen-bond donors (Lipinski definition) is 1. The van der Waals surface area contributed by atoms with Gasteiger partial charge >= 0.3 is 5.97 Å². The highest BCUT2D eigenvalue weighted by molar-refractivity contribution is 5.67. The number of allylic oxidation sites excluding steroid dienone is 2. The van der Waals surface area contributed by atoms with Gasteiger partial charge in [-0.2, -0.15) is 0 Å². The lowest BCUT2D eigenvalue weighted by molar-refractivity contribution is -0.138. The van der Waals surface area contributed by atoms with Crippen molar-refractivity contribution in [2.24, 2.45) is 5.92 Å². The number of aliphatic carboxylic acids is 1. The Morgan fingerprint density at radius 2 is 2.23 bits per heavy atom. The molecule has 0 aromatic rings. The zero-order valence-electron chi connectivity index (χ0n) is 6.71. The van der Waals surface area contributed by atoms with Crippen molar-refractivity contribution in [3.8, 4) is 0 Å². The summed E-state index contributed by atoms with van der Waals surface area (Å²) in [6.45, 7) is 0. The van der Waals surface area contributed by atoms with Crippen molar-refractivity contribution >= 4 is 5.97 Å². The molecule has 0 heterocycles. The standard InChI is InChI=1S/C8H9F3O2/c9-5-3-7(11)6(10)1-4(5)2-8(12)13/h3-6H,1-2H2,(H,12,13)/t4?,5-,6-/m0/s1. The molecule has 5 heteroatoms. The van der Waals surface area contributed by atoms with Crippen molar-refractivity contribution in [1.29, 1.82) is 0 Å². The van der Waals surface area contributed by atoms with Gasteiger partial charge in [0.05, 0.1) is 6.42 Å². The summed E-state index contributed by atoms with van der Waals surface area (Å²) in [5.74, 6) is -3.28. The summed E-state index contributed by atoms with van der Waals surface area (Å²) in [7, 11) is 0. The van der Waals surface area contributed by atoms with E-state index >= 15 is 0 Å². The zero-order valence-corrected chi connectivity index (χ0v) is 6.71. The molecule has 1 unspecified atom stereocenters. The van der Waals surface area contributed by atoms with Crippen LogP contribution in [-0.4, -0.2) is 23.4 Å². The largest absolute Gasteiger partial charge is 0.481 e. The van der Waals surface area contributed by atoms with Crippen LogP contribution in [0.25, 0.3) is 0 Å². The number of hydrogen-bond acceptors (Lipinski definition) is 1. The van der Waals surface area contributed by atoms with Crippen LogP contribution < -0.4 is 0 Å². The van der Waals surface area contributed by atoms with Gasteiger partial charge in [0.1, 0.15) is 12.0 Å². The van der Waals surface area contributed by atoms with Crippen LogP contribution in [0.4, 0.5) is 13.2 Å². The predicted octanol–water partition coefficient (Wildman–Crippen LogP) is 2.01. The average molecular weight is 194 g/mol. The molecule has 13 heavy (non-hydrogen) atoms. The molecule has 1 rings (SSSR count). The van der Waals surface area contributed by atoms with E-state index in [-0.39, 0.29) is 0 Å². The Labute approximate surface area is 73.1 Å². The van der Waals surface area contributed by atoms with E-state index in [0.717, 1.165) is 0 Å². The van der Waals surface area contributed by atoms with Gasteiger partial charge in [-0.1, -0.05) is 0 Å². The molecule has 0 amide bonds. The minimum Gasteiger partial charge on any atom is -0.481 e. The first-order valence-electron chi connectivity index (χ1n) is 3.88. The van der Waals surface area contributed by atoms with Gasteiger partial charge in [-0.05, 0) is 12.5 Å². The SMILES string of the molecule is O=C(O)CC1C[C@H](F)C(F)=C[C@@H]1F. The van der Waals surface area contributed by atoms with Crippen LogP contribution in [0.3, 0.4) is 0 Å². The number of carboxylic acids is 1. The van der Waals surface area contributed by atoms with E-state index in [0.29, 0.717) is 6.08 Å². The maximum Gasteiger partial charge on any atom is 0.303 e. The van der Waals surface area contributed by atoms with Gasteiger partial charge in [0, 0.05) is 5.92 Å². The van der Waals surface area contributed by atoms with Crippen LogP contribution in [0.2, 0.25) is 0 Å². The van der Waals surface area contributed by atoms with E-state index in [2.05, 4.69) is 0 Å². The fourth-order valence-electron chi connectivity index (χ4n) is 1.32. The number of rotatable bonds is 2. The van der Waals surface area contributed by atoms with Crippen LogP contribution in [0.15, 0.2) is 11.9 Å². The first kappa shape index (κ1) is 10.1. The summed E-state index contributed by atoms with van der Waals surface area (Å²) in [4.78, 5) is 10.2. The topological polar surface area (TPSA) is 37.3 Å². The van der Waals surface area contributed by atoms with E-state index in [1.165, 1.54) is 0 Å². The van der Waals surface area contributed by atoms with Gasteiger partial charge in [-0.15, -0.1) is 0 Å². The van der Waals surface area contributed by atoms with Crippen LogP contribution in [0.1, 0.15) is 12.8 Å². The molecule has 0 aromatic carbocycles. The molecule has 0 bridgehead atoms. The van der Waals surface area contributed by atoms with Crippen molar-refractivity contribution < 1.29 is 23.1 Å². The van der Waals surface area contributed by atoms with E-state index in [4.69, 9.17) is 5.11 Å². The lowest BCUT2D eigenvalue weighted by Gasteiger charge is -2.23. The minimum atomic E-state index is -1.85. The molecule has 2 nitrogen and oxygen atoms in total. The fourth-order valence-corrected chi connectivity index (χ4v) is 1.32. The fraction of sp³-hybridized carbons (Fsp3) is 0.625. The molecule has 0 radical (unpaired) electrons. The summed E-state index contributed by atoms with van der Waals surface area (Å²) in [6, 6.07) is 0. The van der Waals surface area contributed by atoms with Crippen LogP contribution in [0, 0.1) is 5.92 Å². The maximum absolute atomic E-state index is 12.9. The Morgan fingerprint density at radius 1 is 1.62 bits per heavy atom. The normalized spacial score (nSPS) is 34.1. The van der Waals surface area contributed by atoms with Crippen LogP contribution in [0.5, 0.6) is 0 Å². The molecule has 0 aromatic heterocycles. The highest BCUT2D eigenvalue weighted by Gasteiger charge is 2.32. The lowest BCUT2D eigenvalue weighted by Crippen LogP contribution is -2.26. The van der Waals surface area contributed by atoms with Gasteiger partial charge in [0.15, 0.2) is 6.17 Å². The van der Waals surface area contributed by atoms with Gasteiger partial charge in [0.25, 0.3) is 0 Å². The summed E-state index contributed by atoms with van der Waals surface area (Å²) in [5.41, 5.74) is 0. The molecule has 0 saturated carbocycles. The monoisotopic (exact) mass is 194 g/mol. The Balaban J connectivity index is 2.64. The third-order valence-corrected chi connectivity index (χ3v) is 2.01. The van der Waals surface area contributed by atoms with Crippen LogP contribution >= 0.6 is 0 Å². The smallest absolute Gasteiger partial charge is 0.303 e. The molecule has 0 saturated heterocycles. The number of alkyl halides is 2. The average Bonchev–Trinajstić information content (AvgIpc) is 1.99. The molecule has 74 valence electrons. The first-order chi connectivity index (χ1) is 6.00. The van der Waals surface area contributed by atoms with Gasteiger partial charge in [-0.25, -0.2) is 13.2 Å². The number of halogens is 3. The highest BCUT2D eigenvalue weighted by Crippen LogP contribution is 2.31. The zero-order chi connectivity index (χ0) is 10.0. The van der Waals surface area contributed by atoms with Crippen molar-refractivity contribution in [3.05, 3.63) is 11.9 Å². The maximum atomic E-state index is 12.9. The second-order valence-electron chi connectivity index (χ2n) is 3.06. The van der Waals surface area contributed by atoms with E-state index < -0.39 is 42.9 Å². The van der Waals surface area contributed by atoms with Crippen molar-refractivity contribution in [2.45, 2.75) is 25.2 Å². The second-order valence-corrected chi connectivity index (χ2v) is 3.06. The predicted molar refractivity (Wildman–Crippen MR) is 39.3 cm³/mol. The Morgan fingerprint density at radius 3 is 2.77 bits per heavy atom. The summed E-state index contributed by atoms with van der Waals surface area (Å²) in [6.07, 6.45) is -3.89. The van der Waals surface area contributed by atoms with E-state index in [1.807, 2.05) is 0 Å². The van der Waals surface area contributed by atoms with Gasteiger partial charge in [-0.3, -0.25) is 4.79 Å². The molecule has 1 N–H and O–H groups in total. The second kappa shape index (κ2) is 3.81. The summed E-state index contributed by atoms with van der Waals surface area (Å²) in [5, 5.41) is 8.33. The summed E-state index contributed by atoms with van der Waals surface area (Å²) >= 11 is 0. The number of carboxylic acid groups (broad SMARTS) is 1. The lowest BCUT2D eigenvalue weighted by atomic mass is 9.88. The van der Waals surface area contributed by atoms with E-state index in [1.54, 1.807) is 0 Å². The van der Waals surface area contributed by atoms with Crippen molar-refractivity contribution in [2.75, 3.05) is 0 Å². The third kappa shape index (κ3) is 2.47. The minimum absolute atomic E-state index is 0.393. The molecule has 0 aliphatic heterocycles. The van der Waals surface area contributed by atoms with Crippen molar-refractivity contribution in [3.63, 3.8) is 0 Å². The Hall–Kier alpha value is -1.00. The summed E-state index contributed by atoms with van der Waals surface area (Å²) < 4.78 is 38.0. The molecular formula is C8H9F3O2. The number of carbonyl (C=O) groups is 1. The van der Waals surface area contributed by atoms with Gasteiger partial charge < -0.3 is 5.11 Å². The van der Waals surface area contributed by atoms with Crippen LogP contribution in [-0.2, 0) is 4.79 Å². The molecule has 3 atom stereocenters. The molecule has 1 aliphatic carbocycles. The molecule has 1 aliphatic rings. The van der Waals surface area contributed by atoms with Crippen molar-refractivity contribution in [1.82, 2.24) is 0 Å². The first-order valence-corrected chi connectivity index (χ1v) is 3.88. The molecule has 0 spiro atoms.